The number of hydrogen-bond donors (Lipinski definition) is 5. The molecule has 0 spiro atoms. The van der Waals surface area contributed by atoms with Gasteiger partial charge >= 0.3 is 6.09 Å². The lowest BCUT2D eigenvalue weighted by atomic mass is 10.0. The number of anilines is 1. The number of carbonyl (C=O) groups is 6. The SMILES string of the molecule is CC(C)C(NC(=O)CCOCCOCCNC(=O)CCOCCOCCn1nnc(CBr)c1CBr)C(=O)NCC(=O)Nc1ccc(COC(=O)NCC=O)cc1. The van der Waals surface area contributed by atoms with E-state index in [4.69, 9.17) is 23.7 Å². The van der Waals surface area contributed by atoms with Crippen LogP contribution in [0.1, 0.15) is 43.6 Å². The van der Waals surface area contributed by atoms with Crippen molar-refractivity contribution in [1.29, 1.82) is 0 Å². The molecular weight excluding hydrogens is 868 g/mol. The number of rotatable bonds is 30. The molecule has 0 aliphatic heterocycles. The zero-order chi connectivity index (χ0) is 41.0. The van der Waals surface area contributed by atoms with Gasteiger partial charge in [-0.3, -0.25) is 19.2 Å². The maximum absolute atomic E-state index is 12.8. The number of aromatic nitrogens is 3. The summed E-state index contributed by atoms with van der Waals surface area (Å²) < 4.78 is 28.7. The number of benzene rings is 1. The first kappa shape index (κ1) is 48.1. The molecule has 1 atom stereocenters. The number of amides is 5. The molecule has 2 aromatic rings. The Morgan fingerprint density at radius 1 is 0.786 bits per heavy atom. The van der Waals surface area contributed by atoms with E-state index in [0.717, 1.165) is 11.4 Å². The fourth-order valence-corrected chi connectivity index (χ4v) is 5.60. The summed E-state index contributed by atoms with van der Waals surface area (Å²) in [6.45, 7) is 6.40. The largest absolute Gasteiger partial charge is 0.445 e. The van der Waals surface area contributed by atoms with Crippen molar-refractivity contribution in [2.24, 2.45) is 5.92 Å². The Morgan fingerprint density at radius 3 is 2.05 bits per heavy atom. The molecule has 0 aliphatic rings. The van der Waals surface area contributed by atoms with E-state index >= 15 is 0 Å². The van der Waals surface area contributed by atoms with E-state index in [-0.39, 0.29) is 76.7 Å². The van der Waals surface area contributed by atoms with Crippen molar-refractivity contribution >= 4 is 73.6 Å². The Kier molecular flexibility index (Phi) is 25.1. The molecule has 1 heterocycles. The van der Waals surface area contributed by atoms with Crippen molar-refractivity contribution in [2.75, 3.05) is 77.8 Å². The second-order valence-corrected chi connectivity index (χ2v) is 13.3. The summed E-state index contributed by atoms with van der Waals surface area (Å²) in [5, 5.41) is 22.4. The molecule has 5 N–H and O–H groups in total. The minimum Gasteiger partial charge on any atom is -0.445 e. The number of carbonyl (C=O) groups excluding carboxylic acids is 6. The van der Waals surface area contributed by atoms with Crippen molar-refractivity contribution in [3.63, 3.8) is 0 Å². The first-order valence-corrected chi connectivity index (χ1v) is 20.2. The fourth-order valence-electron chi connectivity index (χ4n) is 4.55. The molecule has 1 unspecified atom stereocenters. The molecule has 1 aromatic carbocycles. The van der Waals surface area contributed by atoms with Crippen LogP contribution in [-0.2, 0) is 71.5 Å². The van der Waals surface area contributed by atoms with E-state index in [1.165, 1.54) is 0 Å². The lowest BCUT2D eigenvalue weighted by molar-refractivity contribution is -0.131. The number of hydrogen-bond acceptors (Lipinski definition) is 13. The topological polar surface area (TPSA) is 239 Å². The Labute approximate surface area is 342 Å². The van der Waals surface area contributed by atoms with Crippen molar-refractivity contribution in [3.8, 4) is 0 Å². The van der Waals surface area contributed by atoms with Crippen LogP contribution in [0.5, 0.6) is 0 Å². The second kappa shape index (κ2) is 29.3. The van der Waals surface area contributed by atoms with Gasteiger partial charge in [-0.15, -0.1) is 5.10 Å². The molecule has 1 aromatic heterocycles. The van der Waals surface area contributed by atoms with Crippen LogP contribution in [0.3, 0.4) is 0 Å². The maximum atomic E-state index is 12.8. The van der Waals surface area contributed by atoms with E-state index in [2.05, 4.69) is 68.8 Å². The van der Waals surface area contributed by atoms with Gasteiger partial charge in [0.25, 0.3) is 0 Å². The Hall–Kier alpha value is -4.02. The molecule has 0 fully saturated rings. The first-order valence-electron chi connectivity index (χ1n) is 18.0. The van der Waals surface area contributed by atoms with E-state index in [9.17, 15) is 28.8 Å². The van der Waals surface area contributed by atoms with Gasteiger partial charge in [-0.2, -0.15) is 0 Å². The third kappa shape index (κ3) is 20.8. The van der Waals surface area contributed by atoms with Crippen LogP contribution in [0.4, 0.5) is 10.5 Å². The second-order valence-electron chi connectivity index (χ2n) is 12.1. The monoisotopic (exact) mass is 918 g/mol. The zero-order valence-electron chi connectivity index (χ0n) is 31.7. The van der Waals surface area contributed by atoms with Crippen molar-refractivity contribution < 1.29 is 52.5 Å². The Bertz CT molecular complexity index is 1500. The molecule has 56 heavy (non-hydrogen) atoms. The van der Waals surface area contributed by atoms with Gasteiger partial charge in [0.05, 0.1) is 83.9 Å². The first-order chi connectivity index (χ1) is 27.1. The molecule has 0 saturated heterocycles. The number of nitrogens with zero attached hydrogens (tertiary/aromatic N) is 3. The van der Waals surface area contributed by atoms with Crippen LogP contribution in [0.2, 0.25) is 0 Å². The quantitative estimate of drug-likeness (QED) is 0.0423. The highest BCUT2D eigenvalue weighted by Gasteiger charge is 2.24. The smallest absolute Gasteiger partial charge is 0.407 e. The predicted octanol–water partition coefficient (Wildman–Crippen LogP) is 1.35. The maximum Gasteiger partial charge on any atom is 0.407 e. The number of alkyl carbamates (subject to hydrolysis) is 1. The van der Waals surface area contributed by atoms with Gasteiger partial charge < -0.3 is 55.1 Å². The summed E-state index contributed by atoms with van der Waals surface area (Å²) in [4.78, 5) is 71.4. The normalized spacial score (nSPS) is 11.4. The van der Waals surface area contributed by atoms with E-state index in [0.29, 0.717) is 67.7 Å². The van der Waals surface area contributed by atoms with Crippen molar-refractivity contribution in [3.05, 3.63) is 41.2 Å². The Morgan fingerprint density at radius 2 is 1.43 bits per heavy atom. The third-order valence-electron chi connectivity index (χ3n) is 7.50. The molecular formula is C35H52Br2N8O11. The van der Waals surface area contributed by atoms with E-state index in [1.54, 1.807) is 42.8 Å². The van der Waals surface area contributed by atoms with Crippen LogP contribution in [0, 0.1) is 5.92 Å². The molecule has 0 aliphatic carbocycles. The summed E-state index contributed by atoms with van der Waals surface area (Å²) in [6, 6.07) is 5.65. The zero-order valence-corrected chi connectivity index (χ0v) is 34.8. The van der Waals surface area contributed by atoms with Gasteiger partial charge in [-0.05, 0) is 23.6 Å². The van der Waals surface area contributed by atoms with Gasteiger partial charge in [0.15, 0.2) is 0 Å². The number of alkyl halides is 2. The molecule has 19 nitrogen and oxygen atoms in total. The molecule has 0 radical (unpaired) electrons. The average Bonchev–Trinajstić information content (AvgIpc) is 3.59. The number of nitrogens with one attached hydrogen (secondary N) is 5. The molecule has 2 rings (SSSR count). The van der Waals surface area contributed by atoms with Gasteiger partial charge in [0.1, 0.15) is 18.9 Å². The van der Waals surface area contributed by atoms with Crippen molar-refractivity contribution in [2.45, 2.75) is 56.5 Å². The standard InChI is InChI=1S/C35H52Br2N8O11/c1-25(2)33(34(50)40-23-32(49)41-27-5-3-26(4-6-27)24-56-35(51)39-9-12-46)42-31(48)8-14-53-17-19-54-15-10-38-30(47)7-13-52-18-20-55-16-11-45-29(22-37)28(21-36)43-44-45/h3-6,12,25,33H,7-11,13-24H2,1-2H3,(H,38,47)(H,39,51)(H,40,50)(H,41,49)(H,42,48). The molecule has 312 valence electrons. The highest BCUT2D eigenvalue weighted by atomic mass is 79.9. The predicted molar refractivity (Wildman–Crippen MR) is 210 cm³/mol. The molecule has 5 amide bonds. The van der Waals surface area contributed by atoms with Crippen molar-refractivity contribution in [1.82, 2.24) is 36.3 Å². The molecule has 21 heteroatoms. The van der Waals surface area contributed by atoms with Gasteiger partial charge in [-0.25, -0.2) is 9.48 Å². The van der Waals surface area contributed by atoms with Crippen LogP contribution in [-0.4, -0.2) is 130 Å². The summed E-state index contributed by atoms with van der Waals surface area (Å²) in [5.41, 5.74) is 3.02. The number of aldehydes is 1. The summed E-state index contributed by atoms with van der Waals surface area (Å²) in [7, 11) is 0. The van der Waals surface area contributed by atoms with Crippen LogP contribution in [0.25, 0.3) is 0 Å². The number of halogens is 2. The van der Waals surface area contributed by atoms with Gasteiger partial charge in [-0.1, -0.05) is 63.1 Å². The van der Waals surface area contributed by atoms with E-state index < -0.39 is 23.9 Å². The van der Waals surface area contributed by atoms with Gasteiger partial charge in [0.2, 0.25) is 23.6 Å². The minimum absolute atomic E-state index is 0.0191. The highest BCUT2D eigenvalue weighted by molar-refractivity contribution is 9.09. The third-order valence-corrected chi connectivity index (χ3v) is 8.57. The van der Waals surface area contributed by atoms with Crippen LogP contribution >= 0.6 is 31.9 Å². The lowest BCUT2D eigenvalue weighted by Crippen LogP contribution is -2.51. The van der Waals surface area contributed by atoms with Gasteiger partial charge in [0, 0.05) is 35.7 Å². The van der Waals surface area contributed by atoms with Crippen LogP contribution < -0.4 is 26.6 Å². The minimum atomic E-state index is -0.861. The van der Waals surface area contributed by atoms with E-state index in [1.807, 2.05) is 0 Å². The van der Waals surface area contributed by atoms with Crippen LogP contribution in [0.15, 0.2) is 24.3 Å². The summed E-state index contributed by atoms with van der Waals surface area (Å²) >= 11 is 6.84. The molecule has 0 bridgehead atoms. The lowest BCUT2D eigenvalue weighted by Gasteiger charge is -2.21. The fraction of sp³-hybridized carbons (Fsp3) is 0.600. The molecule has 0 saturated carbocycles. The number of ether oxygens (including phenoxy) is 5. The Balaban J connectivity index is 1.46. The summed E-state index contributed by atoms with van der Waals surface area (Å²) in [6.07, 6.45) is 0.0459. The highest BCUT2D eigenvalue weighted by Crippen LogP contribution is 2.13. The average molecular weight is 921 g/mol. The summed E-state index contributed by atoms with van der Waals surface area (Å²) in [5.74, 6) is -1.77.